The zero-order chi connectivity index (χ0) is 14.0. The van der Waals surface area contributed by atoms with Crippen LogP contribution in [-0.4, -0.2) is 28.0 Å². The van der Waals surface area contributed by atoms with Crippen LogP contribution in [0.25, 0.3) is 0 Å². The predicted octanol–water partition coefficient (Wildman–Crippen LogP) is 2.11. The molecule has 102 valence electrons. The summed E-state index contributed by atoms with van der Waals surface area (Å²) in [6.07, 6.45) is 4.89. The molecule has 0 spiro atoms. The summed E-state index contributed by atoms with van der Waals surface area (Å²) in [4.78, 5) is 27.3. The fourth-order valence-corrected chi connectivity index (χ4v) is 2.65. The second kappa shape index (κ2) is 5.17. The third kappa shape index (κ3) is 2.56. The van der Waals surface area contributed by atoms with Gasteiger partial charge >= 0.3 is 5.97 Å². The Morgan fingerprint density at radius 1 is 1.58 bits per heavy atom. The number of aromatic nitrogens is 1. The smallest absolute Gasteiger partial charge is 0.311 e. The third-order valence-corrected chi connectivity index (χ3v) is 4.07. The number of hydrogen-bond acceptors (Lipinski definition) is 3. The summed E-state index contributed by atoms with van der Waals surface area (Å²) in [5.74, 6) is -1.23. The third-order valence-electron chi connectivity index (χ3n) is 3.77. The second-order valence-corrected chi connectivity index (χ2v) is 5.40. The Morgan fingerprint density at radius 3 is 2.95 bits per heavy atom. The SMILES string of the molecule is CC1(C(=O)O)CCCC1NC(=O)c1ccncc1Cl. The molecule has 0 saturated heterocycles. The van der Waals surface area contributed by atoms with Crippen LogP contribution in [0.2, 0.25) is 5.02 Å². The van der Waals surface area contributed by atoms with Gasteiger partial charge in [-0.15, -0.1) is 0 Å². The Hall–Kier alpha value is -1.62. The van der Waals surface area contributed by atoms with Crippen molar-refractivity contribution in [3.05, 3.63) is 29.0 Å². The largest absolute Gasteiger partial charge is 0.481 e. The van der Waals surface area contributed by atoms with E-state index in [2.05, 4.69) is 10.3 Å². The van der Waals surface area contributed by atoms with Crippen molar-refractivity contribution in [2.24, 2.45) is 5.41 Å². The van der Waals surface area contributed by atoms with Gasteiger partial charge in [0, 0.05) is 18.4 Å². The first-order valence-corrected chi connectivity index (χ1v) is 6.47. The maximum Gasteiger partial charge on any atom is 0.311 e. The van der Waals surface area contributed by atoms with Crippen LogP contribution < -0.4 is 5.32 Å². The van der Waals surface area contributed by atoms with Crippen LogP contribution in [0.15, 0.2) is 18.5 Å². The molecule has 1 aromatic rings. The molecule has 1 heterocycles. The molecule has 1 aromatic heterocycles. The fourth-order valence-electron chi connectivity index (χ4n) is 2.45. The van der Waals surface area contributed by atoms with Gasteiger partial charge in [-0.1, -0.05) is 18.0 Å². The molecule has 1 aliphatic carbocycles. The number of carbonyl (C=O) groups excluding carboxylic acids is 1. The van der Waals surface area contributed by atoms with E-state index in [-0.39, 0.29) is 17.0 Å². The topological polar surface area (TPSA) is 79.3 Å². The van der Waals surface area contributed by atoms with Gasteiger partial charge in [0.15, 0.2) is 0 Å². The average molecular weight is 283 g/mol. The maximum absolute atomic E-state index is 12.1. The van der Waals surface area contributed by atoms with Crippen LogP contribution in [0.3, 0.4) is 0 Å². The van der Waals surface area contributed by atoms with Gasteiger partial charge in [-0.05, 0) is 25.8 Å². The number of amides is 1. The molecule has 0 aliphatic heterocycles. The van der Waals surface area contributed by atoms with E-state index in [1.165, 1.54) is 18.5 Å². The Morgan fingerprint density at radius 2 is 2.32 bits per heavy atom. The second-order valence-electron chi connectivity index (χ2n) is 5.00. The van der Waals surface area contributed by atoms with Gasteiger partial charge in [0.05, 0.1) is 16.0 Å². The van der Waals surface area contributed by atoms with Crippen LogP contribution in [0.5, 0.6) is 0 Å². The number of nitrogens with one attached hydrogen (secondary N) is 1. The molecule has 1 saturated carbocycles. The monoisotopic (exact) mass is 282 g/mol. The number of carboxylic acids is 1. The van der Waals surface area contributed by atoms with E-state index < -0.39 is 11.4 Å². The molecule has 1 amide bonds. The Balaban J connectivity index is 2.16. The standard InChI is InChI=1S/C13H15ClN2O3/c1-13(12(18)19)5-2-3-10(13)16-11(17)8-4-6-15-7-9(8)14/h4,6-7,10H,2-3,5H2,1H3,(H,16,17)(H,18,19). The van der Waals surface area contributed by atoms with E-state index in [0.29, 0.717) is 18.4 Å². The summed E-state index contributed by atoms with van der Waals surface area (Å²) in [7, 11) is 0. The van der Waals surface area contributed by atoms with Gasteiger partial charge in [0.25, 0.3) is 5.91 Å². The Bertz CT molecular complexity index is 520. The molecule has 5 nitrogen and oxygen atoms in total. The highest BCUT2D eigenvalue weighted by Gasteiger charge is 2.46. The van der Waals surface area contributed by atoms with E-state index in [1.807, 2.05) is 0 Å². The zero-order valence-electron chi connectivity index (χ0n) is 10.5. The van der Waals surface area contributed by atoms with Crippen LogP contribution in [0, 0.1) is 5.41 Å². The minimum absolute atomic E-state index is 0.259. The molecule has 6 heteroatoms. The summed E-state index contributed by atoms with van der Waals surface area (Å²) in [6, 6.07) is 1.15. The van der Waals surface area contributed by atoms with Crippen molar-refractivity contribution in [3.8, 4) is 0 Å². The predicted molar refractivity (Wildman–Crippen MR) is 70.1 cm³/mol. The molecule has 0 radical (unpaired) electrons. The van der Waals surface area contributed by atoms with Crippen molar-refractivity contribution in [1.82, 2.24) is 10.3 Å². The number of rotatable bonds is 3. The summed E-state index contributed by atoms with van der Waals surface area (Å²) in [6.45, 7) is 1.67. The van der Waals surface area contributed by atoms with Crippen molar-refractivity contribution in [2.45, 2.75) is 32.2 Å². The average Bonchev–Trinajstić information content (AvgIpc) is 2.73. The van der Waals surface area contributed by atoms with Crippen LogP contribution in [0.1, 0.15) is 36.5 Å². The molecule has 1 fully saturated rings. The molecule has 1 aliphatic rings. The molecule has 2 rings (SSSR count). The van der Waals surface area contributed by atoms with E-state index in [0.717, 1.165) is 6.42 Å². The van der Waals surface area contributed by atoms with Crippen molar-refractivity contribution < 1.29 is 14.7 Å². The van der Waals surface area contributed by atoms with Crippen molar-refractivity contribution in [1.29, 1.82) is 0 Å². The van der Waals surface area contributed by atoms with Crippen molar-refractivity contribution >= 4 is 23.5 Å². The molecular weight excluding hydrogens is 268 g/mol. The molecule has 2 unspecified atom stereocenters. The summed E-state index contributed by atoms with van der Waals surface area (Å²) < 4.78 is 0. The van der Waals surface area contributed by atoms with Gasteiger partial charge in [-0.25, -0.2) is 0 Å². The quantitative estimate of drug-likeness (QED) is 0.890. The first-order valence-electron chi connectivity index (χ1n) is 6.09. The first-order chi connectivity index (χ1) is 8.95. The lowest BCUT2D eigenvalue weighted by Crippen LogP contribution is -2.47. The van der Waals surface area contributed by atoms with Gasteiger partial charge in [-0.3, -0.25) is 14.6 Å². The molecule has 19 heavy (non-hydrogen) atoms. The first kappa shape index (κ1) is 13.8. The minimum Gasteiger partial charge on any atom is -0.481 e. The van der Waals surface area contributed by atoms with Gasteiger partial charge in [-0.2, -0.15) is 0 Å². The van der Waals surface area contributed by atoms with Crippen molar-refractivity contribution in [2.75, 3.05) is 0 Å². The minimum atomic E-state index is -0.908. The molecule has 0 aromatic carbocycles. The molecule has 2 N–H and O–H groups in total. The number of halogens is 1. The van der Waals surface area contributed by atoms with E-state index in [1.54, 1.807) is 6.92 Å². The molecule has 0 bridgehead atoms. The Labute approximate surface area is 116 Å². The summed E-state index contributed by atoms with van der Waals surface area (Å²) in [5, 5.41) is 12.3. The number of nitrogens with zero attached hydrogens (tertiary/aromatic N) is 1. The van der Waals surface area contributed by atoms with Gasteiger partial charge < -0.3 is 10.4 Å². The van der Waals surface area contributed by atoms with Gasteiger partial charge in [0.1, 0.15) is 0 Å². The highest BCUT2D eigenvalue weighted by molar-refractivity contribution is 6.33. The maximum atomic E-state index is 12.1. The lowest BCUT2D eigenvalue weighted by Gasteiger charge is -2.27. The van der Waals surface area contributed by atoms with E-state index >= 15 is 0 Å². The number of hydrogen-bond donors (Lipinski definition) is 2. The normalized spacial score (nSPS) is 26.1. The Kier molecular flexibility index (Phi) is 3.75. The van der Waals surface area contributed by atoms with Crippen molar-refractivity contribution in [3.63, 3.8) is 0 Å². The lowest BCUT2D eigenvalue weighted by molar-refractivity contribution is -0.148. The number of carboxylic acid groups (broad SMARTS) is 1. The molecule has 2 atom stereocenters. The summed E-state index contributed by atoms with van der Waals surface area (Å²) in [5.41, 5.74) is -0.592. The zero-order valence-corrected chi connectivity index (χ0v) is 11.3. The highest BCUT2D eigenvalue weighted by atomic mass is 35.5. The number of carbonyl (C=O) groups is 2. The number of pyridine rings is 1. The summed E-state index contributed by atoms with van der Waals surface area (Å²) >= 11 is 5.90. The van der Waals surface area contributed by atoms with E-state index in [4.69, 9.17) is 11.6 Å². The van der Waals surface area contributed by atoms with Crippen LogP contribution in [-0.2, 0) is 4.79 Å². The van der Waals surface area contributed by atoms with Gasteiger partial charge in [0.2, 0.25) is 0 Å². The van der Waals surface area contributed by atoms with Crippen LogP contribution in [0.4, 0.5) is 0 Å². The lowest BCUT2D eigenvalue weighted by atomic mass is 9.85. The van der Waals surface area contributed by atoms with E-state index in [9.17, 15) is 14.7 Å². The molecular formula is C13H15ClN2O3. The number of aliphatic carboxylic acids is 1. The highest BCUT2D eigenvalue weighted by Crippen LogP contribution is 2.38. The van der Waals surface area contributed by atoms with Crippen LogP contribution >= 0.6 is 11.6 Å². The fraction of sp³-hybridized carbons (Fsp3) is 0.462.